The van der Waals surface area contributed by atoms with Gasteiger partial charge >= 0.3 is 0 Å². The number of ether oxygens (including phenoxy) is 1. The SMILES string of the molecule is CCOc1ccc(CNc2ccccc2N2CCC(CO)CC2)nc1. The van der Waals surface area contributed by atoms with Crippen molar-refractivity contribution >= 4 is 11.4 Å². The summed E-state index contributed by atoms with van der Waals surface area (Å²) in [7, 11) is 0. The number of hydrogen-bond acceptors (Lipinski definition) is 5. The number of aliphatic hydroxyl groups is 1. The third kappa shape index (κ3) is 4.63. The zero-order valence-electron chi connectivity index (χ0n) is 14.8. The van der Waals surface area contributed by atoms with E-state index in [-0.39, 0.29) is 0 Å². The number of anilines is 2. The summed E-state index contributed by atoms with van der Waals surface area (Å²) in [5, 5.41) is 12.8. The van der Waals surface area contributed by atoms with Gasteiger partial charge in [-0.1, -0.05) is 12.1 Å². The zero-order chi connectivity index (χ0) is 17.5. The van der Waals surface area contributed by atoms with Gasteiger partial charge in [-0.25, -0.2) is 0 Å². The minimum Gasteiger partial charge on any atom is -0.492 e. The molecule has 1 fully saturated rings. The Morgan fingerprint density at radius 1 is 1.20 bits per heavy atom. The van der Waals surface area contributed by atoms with Crippen LogP contribution in [-0.4, -0.2) is 36.4 Å². The van der Waals surface area contributed by atoms with E-state index < -0.39 is 0 Å². The molecule has 1 aliphatic rings. The van der Waals surface area contributed by atoms with Crippen LogP contribution in [0, 0.1) is 5.92 Å². The molecule has 1 aliphatic heterocycles. The average Bonchev–Trinajstić information content (AvgIpc) is 2.68. The first-order chi connectivity index (χ1) is 12.3. The van der Waals surface area contributed by atoms with E-state index in [1.54, 1.807) is 6.20 Å². The van der Waals surface area contributed by atoms with Crippen molar-refractivity contribution in [2.24, 2.45) is 5.92 Å². The second kappa shape index (κ2) is 8.72. The number of aliphatic hydroxyl groups excluding tert-OH is 1. The van der Waals surface area contributed by atoms with Gasteiger partial charge in [0.2, 0.25) is 0 Å². The number of rotatable bonds is 7. The van der Waals surface area contributed by atoms with Crippen molar-refractivity contribution in [3.05, 3.63) is 48.3 Å². The number of piperidine rings is 1. The molecule has 2 N–H and O–H groups in total. The molecule has 134 valence electrons. The number of aromatic nitrogens is 1. The smallest absolute Gasteiger partial charge is 0.137 e. The molecule has 25 heavy (non-hydrogen) atoms. The average molecular weight is 341 g/mol. The van der Waals surface area contributed by atoms with Gasteiger partial charge in [0.25, 0.3) is 0 Å². The molecular weight excluding hydrogens is 314 g/mol. The van der Waals surface area contributed by atoms with Gasteiger partial charge in [0, 0.05) is 19.7 Å². The Bertz CT molecular complexity index is 652. The van der Waals surface area contributed by atoms with Crippen molar-refractivity contribution in [2.45, 2.75) is 26.3 Å². The minimum atomic E-state index is 0.303. The lowest BCUT2D eigenvalue weighted by atomic mass is 9.97. The molecule has 3 rings (SSSR count). The van der Waals surface area contributed by atoms with Crippen LogP contribution in [-0.2, 0) is 6.54 Å². The van der Waals surface area contributed by atoms with Crippen LogP contribution in [0.3, 0.4) is 0 Å². The zero-order valence-corrected chi connectivity index (χ0v) is 14.8. The van der Waals surface area contributed by atoms with Crippen molar-refractivity contribution < 1.29 is 9.84 Å². The third-order valence-electron chi connectivity index (χ3n) is 4.69. The molecule has 5 heteroatoms. The number of pyridine rings is 1. The largest absolute Gasteiger partial charge is 0.492 e. The van der Waals surface area contributed by atoms with Crippen molar-refractivity contribution in [1.29, 1.82) is 0 Å². The van der Waals surface area contributed by atoms with Gasteiger partial charge in [-0.15, -0.1) is 0 Å². The Morgan fingerprint density at radius 3 is 2.68 bits per heavy atom. The monoisotopic (exact) mass is 341 g/mol. The molecule has 0 saturated carbocycles. The minimum absolute atomic E-state index is 0.303. The first kappa shape index (κ1) is 17.5. The Hall–Kier alpha value is -2.27. The van der Waals surface area contributed by atoms with Crippen LogP contribution in [0.15, 0.2) is 42.6 Å². The van der Waals surface area contributed by atoms with E-state index in [0.29, 0.717) is 25.7 Å². The molecule has 0 amide bonds. The van der Waals surface area contributed by atoms with Crippen molar-refractivity contribution in [2.75, 3.05) is 36.5 Å². The summed E-state index contributed by atoms with van der Waals surface area (Å²) < 4.78 is 5.43. The van der Waals surface area contributed by atoms with Crippen LogP contribution in [0.2, 0.25) is 0 Å². The fraction of sp³-hybridized carbons (Fsp3) is 0.450. The van der Waals surface area contributed by atoms with Gasteiger partial charge in [-0.2, -0.15) is 0 Å². The second-order valence-corrected chi connectivity index (χ2v) is 6.40. The van der Waals surface area contributed by atoms with E-state index in [1.807, 2.05) is 19.1 Å². The summed E-state index contributed by atoms with van der Waals surface area (Å²) in [4.78, 5) is 6.85. The molecule has 1 aromatic heterocycles. The van der Waals surface area contributed by atoms with Crippen LogP contribution < -0.4 is 15.0 Å². The fourth-order valence-corrected chi connectivity index (χ4v) is 3.21. The maximum atomic E-state index is 9.32. The highest BCUT2D eigenvalue weighted by Gasteiger charge is 2.20. The van der Waals surface area contributed by atoms with Crippen molar-refractivity contribution in [1.82, 2.24) is 4.98 Å². The topological polar surface area (TPSA) is 57.6 Å². The molecule has 0 spiro atoms. The number of nitrogens with zero attached hydrogens (tertiary/aromatic N) is 2. The van der Waals surface area contributed by atoms with E-state index in [2.05, 4.69) is 39.5 Å². The number of benzene rings is 1. The molecule has 5 nitrogen and oxygen atoms in total. The number of hydrogen-bond donors (Lipinski definition) is 2. The van der Waals surface area contributed by atoms with Crippen LogP contribution in [0.5, 0.6) is 5.75 Å². The highest BCUT2D eigenvalue weighted by Crippen LogP contribution is 2.30. The lowest BCUT2D eigenvalue weighted by molar-refractivity contribution is 0.203. The molecule has 2 heterocycles. The van der Waals surface area contributed by atoms with Gasteiger partial charge in [0.05, 0.1) is 36.4 Å². The highest BCUT2D eigenvalue weighted by atomic mass is 16.5. The summed E-state index contributed by atoms with van der Waals surface area (Å²) in [5.74, 6) is 1.25. The van der Waals surface area contributed by atoms with Gasteiger partial charge in [0.15, 0.2) is 0 Å². The molecule has 1 saturated heterocycles. The molecule has 0 aliphatic carbocycles. The Labute approximate surface area is 149 Å². The summed E-state index contributed by atoms with van der Waals surface area (Å²) in [6, 6.07) is 12.4. The predicted octanol–water partition coefficient (Wildman–Crippen LogP) is 3.30. The lowest BCUT2D eigenvalue weighted by Crippen LogP contribution is -2.35. The standard InChI is InChI=1S/C20H27N3O2/c1-2-25-18-8-7-17(21-14-18)13-22-19-5-3-4-6-20(19)23-11-9-16(15-24)10-12-23/h3-8,14,16,22,24H,2,9-13,15H2,1H3. The van der Waals surface area contributed by atoms with Crippen molar-refractivity contribution in [3.63, 3.8) is 0 Å². The maximum absolute atomic E-state index is 9.32. The van der Waals surface area contributed by atoms with Crippen molar-refractivity contribution in [3.8, 4) is 5.75 Å². The molecular formula is C20H27N3O2. The van der Waals surface area contributed by atoms with Crippen LogP contribution in [0.4, 0.5) is 11.4 Å². The Balaban J connectivity index is 1.63. The normalized spacial score (nSPS) is 15.2. The van der Waals surface area contributed by atoms with E-state index in [0.717, 1.165) is 43.1 Å². The van der Waals surface area contributed by atoms with E-state index in [9.17, 15) is 5.11 Å². The van der Waals surface area contributed by atoms with Crippen LogP contribution in [0.25, 0.3) is 0 Å². The van der Waals surface area contributed by atoms with Gasteiger partial charge in [-0.3, -0.25) is 4.98 Å². The highest BCUT2D eigenvalue weighted by molar-refractivity contribution is 5.70. The fourth-order valence-electron chi connectivity index (χ4n) is 3.21. The molecule has 0 radical (unpaired) electrons. The quantitative estimate of drug-likeness (QED) is 0.809. The van der Waals surface area contributed by atoms with Gasteiger partial charge < -0.3 is 20.1 Å². The molecule has 0 unspecified atom stereocenters. The molecule has 0 bridgehead atoms. The summed E-state index contributed by atoms with van der Waals surface area (Å²) in [6.45, 7) is 5.58. The molecule has 2 aromatic rings. The Morgan fingerprint density at radius 2 is 2.00 bits per heavy atom. The van der Waals surface area contributed by atoms with Crippen LogP contribution >= 0.6 is 0 Å². The molecule has 0 atom stereocenters. The van der Waals surface area contributed by atoms with E-state index in [1.165, 1.54) is 5.69 Å². The van der Waals surface area contributed by atoms with Crippen LogP contribution in [0.1, 0.15) is 25.5 Å². The van der Waals surface area contributed by atoms with Gasteiger partial charge in [0.1, 0.15) is 5.75 Å². The lowest BCUT2D eigenvalue weighted by Gasteiger charge is -2.34. The first-order valence-electron chi connectivity index (χ1n) is 9.06. The third-order valence-corrected chi connectivity index (χ3v) is 4.69. The second-order valence-electron chi connectivity index (χ2n) is 6.40. The maximum Gasteiger partial charge on any atom is 0.137 e. The molecule has 1 aromatic carbocycles. The predicted molar refractivity (Wildman–Crippen MR) is 101 cm³/mol. The summed E-state index contributed by atoms with van der Waals surface area (Å²) in [6.07, 6.45) is 3.86. The van der Waals surface area contributed by atoms with E-state index in [4.69, 9.17) is 4.74 Å². The summed E-state index contributed by atoms with van der Waals surface area (Å²) in [5.41, 5.74) is 3.34. The first-order valence-corrected chi connectivity index (χ1v) is 9.06. The summed E-state index contributed by atoms with van der Waals surface area (Å²) >= 11 is 0. The van der Waals surface area contributed by atoms with E-state index >= 15 is 0 Å². The van der Waals surface area contributed by atoms with Gasteiger partial charge in [-0.05, 0) is 49.9 Å². The Kier molecular flexibility index (Phi) is 6.12. The number of para-hydroxylation sites is 2. The number of nitrogens with one attached hydrogen (secondary N) is 1.